The Morgan fingerprint density at radius 3 is 2.17 bits per heavy atom. The highest BCUT2D eigenvalue weighted by atomic mass is 19.4. The number of fused-ring (bicyclic) bond motifs is 1. The van der Waals surface area contributed by atoms with Crippen LogP contribution in [0.25, 0.3) is 16.9 Å². The lowest BCUT2D eigenvalue weighted by Gasteiger charge is -2.22. The minimum Gasteiger partial charge on any atom is -0.395 e. The Morgan fingerprint density at radius 1 is 0.972 bits per heavy atom. The molecule has 190 valence electrons. The molecule has 36 heavy (non-hydrogen) atoms. The lowest BCUT2D eigenvalue weighted by molar-refractivity contribution is -0.143. The Hall–Kier alpha value is -3.80. The third-order valence-electron chi connectivity index (χ3n) is 5.50. The first-order chi connectivity index (χ1) is 17.0. The Balaban J connectivity index is 1.75. The number of aliphatic hydroxyl groups excluding tert-OH is 1. The molecule has 0 spiro atoms. The molecule has 0 saturated carbocycles. The van der Waals surface area contributed by atoms with Gasteiger partial charge >= 0.3 is 12.4 Å². The van der Waals surface area contributed by atoms with Crippen LogP contribution in [0, 0.1) is 0 Å². The average molecular weight is 509 g/mol. The van der Waals surface area contributed by atoms with E-state index in [0.717, 1.165) is 5.69 Å². The van der Waals surface area contributed by atoms with E-state index in [2.05, 4.69) is 15.3 Å². The summed E-state index contributed by atoms with van der Waals surface area (Å²) in [4.78, 5) is 10.5. The predicted molar refractivity (Wildman–Crippen MR) is 123 cm³/mol. The quantitative estimate of drug-likeness (QED) is 0.300. The van der Waals surface area contributed by atoms with Gasteiger partial charge in [-0.05, 0) is 49.4 Å². The van der Waals surface area contributed by atoms with Crippen molar-refractivity contribution in [3.8, 4) is 11.3 Å². The Labute approximate surface area is 201 Å². The minimum absolute atomic E-state index is 0.00594. The molecule has 4 rings (SSSR count). The van der Waals surface area contributed by atoms with E-state index in [-0.39, 0.29) is 29.7 Å². The molecule has 0 aliphatic rings. The number of aliphatic hydroxyl groups is 1. The third-order valence-corrected chi connectivity index (χ3v) is 5.50. The molecule has 2 aromatic carbocycles. The second kappa shape index (κ2) is 9.69. The van der Waals surface area contributed by atoms with Gasteiger partial charge in [-0.2, -0.15) is 26.3 Å². The predicted octanol–water partition coefficient (Wildman–Crippen LogP) is 6.00. The van der Waals surface area contributed by atoms with Crippen molar-refractivity contribution in [3.63, 3.8) is 0 Å². The van der Waals surface area contributed by atoms with Gasteiger partial charge in [-0.3, -0.25) is 0 Å². The van der Waals surface area contributed by atoms with Gasteiger partial charge in [0.25, 0.3) is 0 Å². The molecule has 12 heteroatoms. The summed E-state index contributed by atoms with van der Waals surface area (Å²) in [6.45, 7) is 3.08. The number of halogens is 6. The maximum atomic E-state index is 13.4. The molecule has 0 amide bonds. The van der Waals surface area contributed by atoms with Gasteiger partial charge in [0.05, 0.1) is 23.4 Å². The lowest BCUT2D eigenvalue weighted by atomic mass is 10.0. The number of alkyl halides is 6. The largest absolute Gasteiger partial charge is 0.416 e. The first-order valence-corrected chi connectivity index (χ1v) is 10.9. The van der Waals surface area contributed by atoms with Crippen molar-refractivity contribution in [2.75, 3.05) is 29.9 Å². The van der Waals surface area contributed by atoms with Gasteiger partial charge in [-0.1, -0.05) is 0 Å². The van der Waals surface area contributed by atoms with Crippen LogP contribution >= 0.6 is 0 Å². The monoisotopic (exact) mass is 509 g/mol. The van der Waals surface area contributed by atoms with Gasteiger partial charge in [0.1, 0.15) is 0 Å². The molecular weight excluding hydrogens is 488 g/mol. The maximum absolute atomic E-state index is 13.4. The summed E-state index contributed by atoms with van der Waals surface area (Å²) in [7, 11) is 0. The number of likely N-dealkylation sites (N-methyl/N-ethyl adjacent to an activating group) is 1. The number of benzene rings is 2. The second-order valence-electron chi connectivity index (χ2n) is 7.90. The molecule has 2 aromatic heterocycles. The molecule has 0 bridgehead atoms. The van der Waals surface area contributed by atoms with E-state index in [1.165, 1.54) is 23.0 Å². The van der Waals surface area contributed by atoms with E-state index < -0.39 is 23.5 Å². The van der Waals surface area contributed by atoms with E-state index in [1.54, 1.807) is 12.1 Å². The van der Waals surface area contributed by atoms with Crippen molar-refractivity contribution in [1.29, 1.82) is 0 Å². The fourth-order valence-electron chi connectivity index (χ4n) is 3.74. The van der Waals surface area contributed by atoms with E-state index in [9.17, 15) is 31.4 Å². The molecule has 6 nitrogen and oxygen atoms in total. The number of aromatic nitrogens is 3. The van der Waals surface area contributed by atoms with Crippen molar-refractivity contribution in [2.45, 2.75) is 19.3 Å². The zero-order valence-corrected chi connectivity index (χ0v) is 18.9. The van der Waals surface area contributed by atoms with Crippen molar-refractivity contribution in [2.24, 2.45) is 0 Å². The Morgan fingerprint density at radius 2 is 1.61 bits per heavy atom. The molecule has 0 fully saturated rings. The van der Waals surface area contributed by atoms with Gasteiger partial charge in [0, 0.05) is 48.6 Å². The van der Waals surface area contributed by atoms with Crippen LogP contribution in [0.15, 0.2) is 61.1 Å². The normalized spacial score (nSPS) is 12.2. The van der Waals surface area contributed by atoms with Crippen LogP contribution in [-0.4, -0.2) is 39.2 Å². The number of nitrogens with zero attached hydrogens (tertiary/aromatic N) is 4. The summed E-state index contributed by atoms with van der Waals surface area (Å²) in [6, 6.07) is 8.48. The number of hydrogen-bond donors (Lipinski definition) is 2. The summed E-state index contributed by atoms with van der Waals surface area (Å²) in [6.07, 6.45) is -5.67. The van der Waals surface area contributed by atoms with Gasteiger partial charge < -0.3 is 19.7 Å². The van der Waals surface area contributed by atoms with Crippen molar-refractivity contribution in [3.05, 3.63) is 72.2 Å². The average Bonchev–Trinajstić information content (AvgIpc) is 3.31. The summed E-state index contributed by atoms with van der Waals surface area (Å²) in [5, 5.41) is 12.2. The topological polar surface area (TPSA) is 65.7 Å². The minimum atomic E-state index is -4.97. The molecular formula is C24H21F6N5O. The van der Waals surface area contributed by atoms with E-state index in [1.807, 2.05) is 24.0 Å². The summed E-state index contributed by atoms with van der Waals surface area (Å²) < 4.78 is 81.6. The van der Waals surface area contributed by atoms with E-state index in [4.69, 9.17) is 0 Å². The maximum Gasteiger partial charge on any atom is 0.416 e. The Bertz CT molecular complexity index is 1320. The van der Waals surface area contributed by atoms with Crippen LogP contribution in [-0.2, 0) is 12.4 Å². The van der Waals surface area contributed by atoms with E-state index >= 15 is 0 Å². The highest BCUT2D eigenvalue weighted by Gasteiger charge is 2.37. The van der Waals surface area contributed by atoms with Crippen LogP contribution in [0.3, 0.4) is 0 Å². The number of hydrogen-bond acceptors (Lipinski definition) is 5. The van der Waals surface area contributed by atoms with Gasteiger partial charge in [-0.25, -0.2) is 9.97 Å². The van der Waals surface area contributed by atoms with Crippen LogP contribution in [0.2, 0.25) is 0 Å². The first-order valence-electron chi connectivity index (χ1n) is 10.9. The van der Waals surface area contributed by atoms with Crippen LogP contribution in [0.1, 0.15) is 18.1 Å². The SMILES string of the molecule is CCN(CCO)c1ccc(Nc2nc(-c3cc(C(F)(F)F)cc(C(F)(F)F)c3)cn3ccnc23)cc1. The smallest absolute Gasteiger partial charge is 0.395 e. The molecule has 0 aliphatic heterocycles. The highest BCUT2D eigenvalue weighted by Crippen LogP contribution is 2.38. The summed E-state index contributed by atoms with van der Waals surface area (Å²) in [5.74, 6) is 0.152. The summed E-state index contributed by atoms with van der Waals surface area (Å²) >= 11 is 0. The van der Waals surface area contributed by atoms with Gasteiger partial charge in [0.2, 0.25) is 0 Å². The standard InChI is InChI=1S/C24H21F6N5O/c1-2-34(9-10-36)19-5-3-18(4-6-19)32-21-22-31-7-8-35(22)14-20(33-21)15-11-16(23(25,26)27)13-17(12-15)24(28,29)30/h3-8,11-14,36H,2,9-10H2,1H3,(H,32,33). The molecule has 2 N–H and O–H groups in total. The molecule has 2 heterocycles. The number of imidazole rings is 1. The second-order valence-corrected chi connectivity index (χ2v) is 7.90. The summed E-state index contributed by atoms with van der Waals surface area (Å²) in [5.41, 5.74) is -1.50. The molecule has 0 unspecified atom stereocenters. The molecule has 4 aromatic rings. The van der Waals surface area contributed by atoms with Crippen molar-refractivity contribution in [1.82, 2.24) is 14.4 Å². The molecule has 0 aliphatic carbocycles. The number of rotatable bonds is 7. The van der Waals surface area contributed by atoms with Gasteiger partial charge in [-0.15, -0.1) is 0 Å². The third kappa shape index (κ3) is 5.38. The zero-order valence-electron chi connectivity index (χ0n) is 18.9. The van der Waals surface area contributed by atoms with Crippen LogP contribution < -0.4 is 10.2 Å². The molecule has 0 atom stereocenters. The zero-order chi connectivity index (χ0) is 26.1. The molecule has 0 radical (unpaired) electrons. The van der Waals surface area contributed by atoms with E-state index in [0.29, 0.717) is 36.6 Å². The van der Waals surface area contributed by atoms with Crippen molar-refractivity contribution >= 4 is 22.8 Å². The van der Waals surface area contributed by atoms with Crippen LogP contribution in [0.5, 0.6) is 0 Å². The van der Waals surface area contributed by atoms with Gasteiger partial charge in [0.15, 0.2) is 11.5 Å². The first kappa shape index (κ1) is 25.3. The fourth-order valence-corrected chi connectivity index (χ4v) is 3.74. The number of nitrogens with one attached hydrogen (secondary N) is 1. The van der Waals surface area contributed by atoms with Crippen molar-refractivity contribution < 1.29 is 31.4 Å². The fraction of sp³-hybridized carbons (Fsp3) is 0.250. The molecule has 0 saturated heterocycles. The lowest BCUT2D eigenvalue weighted by Crippen LogP contribution is -2.25. The number of anilines is 3. The van der Waals surface area contributed by atoms with Crippen LogP contribution in [0.4, 0.5) is 43.5 Å². The Kier molecular flexibility index (Phi) is 6.81. The highest BCUT2D eigenvalue weighted by molar-refractivity contribution is 5.74.